The van der Waals surface area contributed by atoms with E-state index in [1.54, 1.807) is 43.3 Å². The number of carbonyl (C=O) groups is 3. The van der Waals surface area contributed by atoms with Gasteiger partial charge >= 0.3 is 5.97 Å². The van der Waals surface area contributed by atoms with Gasteiger partial charge in [0.25, 0.3) is 0 Å². The van der Waals surface area contributed by atoms with E-state index in [1.807, 2.05) is 37.3 Å². The van der Waals surface area contributed by atoms with Crippen LogP contribution in [0.1, 0.15) is 46.0 Å². The van der Waals surface area contributed by atoms with E-state index in [-0.39, 0.29) is 27.9 Å². The fourth-order valence-electron chi connectivity index (χ4n) is 3.82. The number of fused-ring (bicyclic) bond motifs is 1. The van der Waals surface area contributed by atoms with Crippen molar-refractivity contribution >= 4 is 34.3 Å². The zero-order valence-corrected chi connectivity index (χ0v) is 20.0. The number of ketones is 1. The van der Waals surface area contributed by atoms with Gasteiger partial charge in [0, 0.05) is 28.8 Å². The molecule has 7 nitrogen and oxygen atoms in total. The summed E-state index contributed by atoms with van der Waals surface area (Å²) in [6, 6.07) is 20.2. The maximum Gasteiger partial charge on any atom is 0.342 e. The Bertz CT molecular complexity index is 1490. The summed E-state index contributed by atoms with van der Waals surface area (Å²) in [7, 11) is 0. The monoisotopic (exact) mass is 483 g/mol. The van der Waals surface area contributed by atoms with Crippen LogP contribution >= 0.6 is 0 Å². The molecule has 0 fully saturated rings. The molecule has 4 aromatic rings. The summed E-state index contributed by atoms with van der Waals surface area (Å²) in [5.74, 6) is -0.908. The van der Waals surface area contributed by atoms with E-state index in [2.05, 4.69) is 5.32 Å². The minimum absolute atomic E-state index is 0.0589. The lowest BCUT2D eigenvalue weighted by Gasteiger charge is -2.10. The molecule has 0 spiro atoms. The molecule has 1 amide bonds. The Balaban J connectivity index is 1.53. The Labute approximate surface area is 207 Å². The molecule has 1 aromatic heterocycles. The third kappa shape index (κ3) is 5.25. The van der Waals surface area contributed by atoms with Gasteiger partial charge in [-0.15, -0.1) is 0 Å². The molecule has 0 saturated carbocycles. The Morgan fingerprint density at radius 3 is 2.33 bits per heavy atom. The summed E-state index contributed by atoms with van der Waals surface area (Å²) in [6.07, 6.45) is 1.15. The van der Waals surface area contributed by atoms with Crippen molar-refractivity contribution in [2.75, 3.05) is 11.9 Å². The lowest BCUT2D eigenvalue weighted by molar-refractivity contribution is -0.116. The number of carbonyl (C=O) groups excluding carboxylic acids is 3. The van der Waals surface area contributed by atoms with Crippen molar-refractivity contribution in [3.8, 4) is 11.3 Å². The number of amides is 1. The molecule has 0 aliphatic rings. The Morgan fingerprint density at radius 1 is 0.917 bits per heavy atom. The van der Waals surface area contributed by atoms with Crippen molar-refractivity contribution in [3.05, 3.63) is 99.7 Å². The third-order valence-corrected chi connectivity index (χ3v) is 5.70. The van der Waals surface area contributed by atoms with Crippen LogP contribution in [0.2, 0.25) is 0 Å². The van der Waals surface area contributed by atoms with Crippen LogP contribution in [0, 0.1) is 6.92 Å². The van der Waals surface area contributed by atoms with Crippen LogP contribution in [0.25, 0.3) is 22.3 Å². The van der Waals surface area contributed by atoms with Gasteiger partial charge in [-0.1, -0.05) is 43.3 Å². The van der Waals surface area contributed by atoms with Crippen molar-refractivity contribution in [3.63, 3.8) is 0 Å². The van der Waals surface area contributed by atoms with E-state index in [0.717, 1.165) is 6.42 Å². The first kappa shape index (κ1) is 24.6. The molecule has 0 atom stereocenters. The predicted octanol–water partition coefficient (Wildman–Crippen LogP) is 5.55. The second-order valence-corrected chi connectivity index (χ2v) is 8.31. The molecule has 182 valence electrons. The number of para-hydroxylation sites is 1. The Hall–Kier alpha value is -4.52. The highest BCUT2D eigenvalue weighted by atomic mass is 16.5. The first-order valence-corrected chi connectivity index (χ1v) is 11.6. The topological polar surface area (TPSA) is 103 Å². The number of ether oxygens (including phenoxy) is 1. The highest BCUT2D eigenvalue weighted by Gasteiger charge is 2.20. The van der Waals surface area contributed by atoms with Crippen molar-refractivity contribution < 1.29 is 23.5 Å². The second-order valence-electron chi connectivity index (χ2n) is 8.31. The summed E-state index contributed by atoms with van der Waals surface area (Å²) < 4.78 is 11.3. The van der Waals surface area contributed by atoms with E-state index >= 15 is 0 Å². The summed E-state index contributed by atoms with van der Waals surface area (Å²) in [4.78, 5) is 50.2. The number of hydrogen-bond acceptors (Lipinski definition) is 6. The molecule has 0 radical (unpaired) electrons. The number of anilines is 1. The first-order valence-electron chi connectivity index (χ1n) is 11.6. The van der Waals surface area contributed by atoms with Crippen molar-refractivity contribution in [2.45, 2.75) is 26.7 Å². The van der Waals surface area contributed by atoms with E-state index < -0.39 is 18.4 Å². The van der Waals surface area contributed by atoms with Crippen LogP contribution in [0.5, 0.6) is 0 Å². The van der Waals surface area contributed by atoms with Gasteiger partial charge in [-0.05, 0) is 49.7 Å². The fraction of sp³-hybridized carbons (Fsp3) is 0.172. The SMILES string of the molecule is CCCC(=O)Nc1ccc(C(=O)COC(=O)c2cccc3c(=O)c(C)c(-c4ccccc4)oc23)cc1. The van der Waals surface area contributed by atoms with E-state index in [9.17, 15) is 19.2 Å². The standard InChI is InChI=1S/C29H25NO6/c1-3-8-25(32)30-21-15-13-19(14-16-21)24(31)17-35-29(34)23-12-7-11-22-26(33)18(2)27(36-28(22)23)20-9-5-4-6-10-20/h4-7,9-16H,3,8,17H2,1-2H3,(H,30,32). The average molecular weight is 484 g/mol. The van der Waals surface area contributed by atoms with Gasteiger partial charge in [0.1, 0.15) is 11.3 Å². The van der Waals surface area contributed by atoms with Gasteiger partial charge in [-0.3, -0.25) is 14.4 Å². The highest BCUT2D eigenvalue weighted by molar-refractivity contribution is 6.04. The lowest BCUT2D eigenvalue weighted by Crippen LogP contribution is -2.16. The molecule has 0 bridgehead atoms. The number of Topliss-reactive ketones (excluding diaryl/α,β-unsaturated/α-hetero) is 1. The largest absolute Gasteiger partial charge is 0.455 e. The third-order valence-electron chi connectivity index (χ3n) is 5.70. The van der Waals surface area contributed by atoms with E-state index in [0.29, 0.717) is 34.6 Å². The number of esters is 1. The van der Waals surface area contributed by atoms with Crippen LogP contribution in [-0.4, -0.2) is 24.3 Å². The molecule has 0 saturated heterocycles. The van der Waals surface area contributed by atoms with Crippen LogP contribution in [-0.2, 0) is 9.53 Å². The summed E-state index contributed by atoms with van der Waals surface area (Å²) in [6.45, 7) is 3.11. The molecule has 0 aliphatic heterocycles. The lowest BCUT2D eigenvalue weighted by atomic mass is 10.0. The zero-order valence-electron chi connectivity index (χ0n) is 20.0. The average Bonchev–Trinajstić information content (AvgIpc) is 2.90. The van der Waals surface area contributed by atoms with Gasteiger partial charge in [-0.2, -0.15) is 0 Å². The molecule has 0 aliphatic carbocycles. The van der Waals surface area contributed by atoms with E-state index in [4.69, 9.17) is 9.15 Å². The predicted molar refractivity (Wildman–Crippen MR) is 137 cm³/mol. The molecular formula is C29H25NO6. The van der Waals surface area contributed by atoms with Gasteiger partial charge in [0.2, 0.25) is 5.91 Å². The van der Waals surface area contributed by atoms with Crippen LogP contribution < -0.4 is 10.7 Å². The molecule has 4 rings (SSSR count). The van der Waals surface area contributed by atoms with Crippen molar-refractivity contribution in [1.82, 2.24) is 0 Å². The number of rotatable bonds is 8. The first-order chi connectivity index (χ1) is 17.4. The number of benzene rings is 3. The van der Waals surface area contributed by atoms with Gasteiger partial charge in [0.15, 0.2) is 23.4 Å². The number of nitrogens with one attached hydrogen (secondary N) is 1. The zero-order chi connectivity index (χ0) is 25.7. The second kappa shape index (κ2) is 10.8. The maximum absolute atomic E-state index is 13.0. The smallest absolute Gasteiger partial charge is 0.342 e. The molecule has 3 aromatic carbocycles. The van der Waals surface area contributed by atoms with Crippen LogP contribution in [0.4, 0.5) is 5.69 Å². The Kier molecular flexibility index (Phi) is 7.39. The molecule has 7 heteroatoms. The summed E-state index contributed by atoms with van der Waals surface area (Å²) in [5, 5.41) is 3.01. The molecule has 36 heavy (non-hydrogen) atoms. The van der Waals surface area contributed by atoms with Gasteiger partial charge in [0.05, 0.1) is 5.39 Å². The Morgan fingerprint density at radius 2 is 1.64 bits per heavy atom. The minimum atomic E-state index is -0.775. The van der Waals surface area contributed by atoms with E-state index in [1.165, 1.54) is 6.07 Å². The van der Waals surface area contributed by atoms with Crippen LogP contribution in [0.15, 0.2) is 82.0 Å². The van der Waals surface area contributed by atoms with Gasteiger partial charge < -0.3 is 14.5 Å². The summed E-state index contributed by atoms with van der Waals surface area (Å²) in [5.41, 5.74) is 1.98. The van der Waals surface area contributed by atoms with Crippen molar-refractivity contribution in [2.24, 2.45) is 0 Å². The highest BCUT2D eigenvalue weighted by Crippen LogP contribution is 2.27. The minimum Gasteiger partial charge on any atom is -0.455 e. The quantitative estimate of drug-likeness (QED) is 0.260. The molecule has 1 heterocycles. The van der Waals surface area contributed by atoms with Crippen molar-refractivity contribution in [1.29, 1.82) is 0 Å². The summed E-state index contributed by atoms with van der Waals surface area (Å²) >= 11 is 0. The fourth-order valence-corrected chi connectivity index (χ4v) is 3.82. The van der Waals surface area contributed by atoms with Crippen LogP contribution in [0.3, 0.4) is 0 Å². The number of hydrogen-bond donors (Lipinski definition) is 1. The molecular weight excluding hydrogens is 458 g/mol. The normalized spacial score (nSPS) is 10.7. The van der Waals surface area contributed by atoms with Gasteiger partial charge in [-0.25, -0.2) is 4.79 Å². The maximum atomic E-state index is 13.0. The molecule has 1 N–H and O–H groups in total. The molecule has 0 unspecified atom stereocenters.